The van der Waals surface area contributed by atoms with Crippen molar-refractivity contribution in [2.45, 2.75) is 99.0 Å². The molecular formula is C34H42O21. The van der Waals surface area contributed by atoms with Crippen LogP contribution in [0, 0.1) is 0 Å². The molecule has 15 unspecified atom stereocenters. The molecule has 0 saturated carbocycles. The van der Waals surface area contributed by atoms with E-state index in [9.17, 15) is 66.1 Å². The normalized spacial score (nSPS) is 34.8. The molecule has 12 N–H and O–H groups in total. The Morgan fingerprint density at radius 3 is 2.02 bits per heavy atom. The lowest BCUT2D eigenvalue weighted by Crippen LogP contribution is -2.59. The second-order valence-corrected chi connectivity index (χ2v) is 13.3. The summed E-state index contributed by atoms with van der Waals surface area (Å²) in [6.45, 7) is -0.159. The molecule has 1 aromatic heterocycles. The van der Waals surface area contributed by atoms with Crippen LogP contribution in [0.2, 0.25) is 0 Å². The Bertz CT molecular complexity index is 1870. The van der Waals surface area contributed by atoms with Gasteiger partial charge < -0.3 is 98.9 Å². The molecule has 0 amide bonds. The van der Waals surface area contributed by atoms with Crippen molar-refractivity contribution in [2.24, 2.45) is 0 Å². The van der Waals surface area contributed by atoms with E-state index in [1.807, 2.05) is 0 Å². The van der Waals surface area contributed by atoms with Crippen molar-refractivity contribution in [1.82, 2.24) is 0 Å². The van der Waals surface area contributed by atoms with E-state index >= 15 is 0 Å². The number of rotatable bonds is 12. The van der Waals surface area contributed by atoms with Crippen LogP contribution in [0.15, 0.2) is 39.5 Å². The maximum Gasteiger partial charge on any atom is 0.239 e. The van der Waals surface area contributed by atoms with Gasteiger partial charge in [0.05, 0.1) is 26.4 Å². The molecule has 0 aliphatic carbocycles. The zero-order valence-corrected chi connectivity index (χ0v) is 29.0. The second-order valence-electron chi connectivity index (χ2n) is 13.3. The lowest BCUT2D eigenvalue weighted by Gasteiger charge is -2.40. The largest absolute Gasteiger partial charge is 0.507 e. The predicted octanol–water partition coefficient (Wildman–Crippen LogP) is -3.91. The molecule has 6 rings (SSSR count). The minimum absolute atomic E-state index is 0.0458. The van der Waals surface area contributed by atoms with Crippen LogP contribution < -0.4 is 19.6 Å². The lowest BCUT2D eigenvalue weighted by molar-refractivity contribution is -0.306. The van der Waals surface area contributed by atoms with Crippen LogP contribution in [0.3, 0.4) is 0 Å². The molecule has 0 bridgehead atoms. The Balaban J connectivity index is 1.29. The van der Waals surface area contributed by atoms with Gasteiger partial charge in [0.2, 0.25) is 23.8 Å². The summed E-state index contributed by atoms with van der Waals surface area (Å²) in [5.41, 5.74) is -1.32. The van der Waals surface area contributed by atoms with E-state index in [4.69, 9.17) is 37.6 Å². The molecular weight excluding hydrogens is 744 g/mol. The molecule has 55 heavy (non-hydrogen) atoms. The molecule has 3 aliphatic rings. The zero-order valence-electron chi connectivity index (χ0n) is 29.0. The number of aliphatic hydroxyl groups excluding tert-OH is 10. The molecule has 21 heteroatoms. The van der Waals surface area contributed by atoms with E-state index in [1.54, 1.807) is 0 Å². The molecule has 15 atom stereocenters. The molecule has 4 heterocycles. The number of aromatic hydroxyl groups is 2. The van der Waals surface area contributed by atoms with E-state index in [0.29, 0.717) is 0 Å². The first kappa shape index (κ1) is 40.7. The lowest BCUT2D eigenvalue weighted by atomic mass is 9.99. The van der Waals surface area contributed by atoms with E-state index in [-0.39, 0.29) is 34.2 Å². The highest BCUT2D eigenvalue weighted by molar-refractivity contribution is 5.88. The Morgan fingerprint density at radius 2 is 1.38 bits per heavy atom. The van der Waals surface area contributed by atoms with Gasteiger partial charge in [-0.05, 0) is 25.1 Å². The number of phenolic OH excluding ortho intramolecular Hbond substituents is 2. The Kier molecular flexibility index (Phi) is 12.1. The van der Waals surface area contributed by atoms with Crippen LogP contribution in [-0.4, -0.2) is 174 Å². The number of phenols is 2. The highest BCUT2D eigenvalue weighted by atomic mass is 16.7. The molecule has 3 saturated heterocycles. The number of aliphatic hydroxyl groups is 10. The van der Waals surface area contributed by atoms with Gasteiger partial charge in [-0.1, -0.05) is 0 Å². The van der Waals surface area contributed by atoms with Crippen molar-refractivity contribution in [1.29, 1.82) is 0 Å². The quantitative estimate of drug-likeness (QED) is 0.0834. The molecule has 304 valence electrons. The fourth-order valence-corrected chi connectivity index (χ4v) is 6.44. The van der Waals surface area contributed by atoms with Gasteiger partial charge in [-0.2, -0.15) is 0 Å². The first-order chi connectivity index (χ1) is 26.1. The predicted molar refractivity (Wildman–Crippen MR) is 178 cm³/mol. The van der Waals surface area contributed by atoms with Crippen LogP contribution in [0.4, 0.5) is 0 Å². The van der Waals surface area contributed by atoms with Crippen LogP contribution >= 0.6 is 0 Å². The van der Waals surface area contributed by atoms with E-state index < -0.39 is 128 Å². The van der Waals surface area contributed by atoms with Gasteiger partial charge in [-0.3, -0.25) is 4.79 Å². The molecule has 3 aromatic rings. The minimum Gasteiger partial charge on any atom is -0.507 e. The van der Waals surface area contributed by atoms with Crippen LogP contribution in [0.25, 0.3) is 22.3 Å². The molecule has 2 aromatic carbocycles. The number of benzene rings is 2. The molecule has 0 spiro atoms. The molecule has 3 aliphatic heterocycles. The summed E-state index contributed by atoms with van der Waals surface area (Å²) in [6, 6.07) is 5.88. The van der Waals surface area contributed by atoms with Crippen molar-refractivity contribution >= 4 is 11.0 Å². The van der Waals surface area contributed by atoms with Crippen molar-refractivity contribution in [3.63, 3.8) is 0 Å². The minimum atomic E-state index is -1.94. The van der Waals surface area contributed by atoms with E-state index in [0.717, 1.165) is 12.1 Å². The Hall–Kier alpha value is -3.91. The highest BCUT2D eigenvalue weighted by Crippen LogP contribution is 2.41. The Morgan fingerprint density at radius 1 is 0.745 bits per heavy atom. The highest BCUT2D eigenvalue weighted by Gasteiger charge is 2.50. The number of ether oxygens (including phenoxy) is 7. The molecule has 0 radical (unpaired) electrons. The fraction of sp³-hybridized carbons (Fsp3) is 0.559. The van der Waals surface area contributed by atoms with Gasteiger partial charge in [0.15, 0.2) is 23.5 Å². The summed E-state index contributed by atoms with van der Waals surface area (Å²) in [7, 11) is 1.25. The number of hydrogen-bond donors (Lipinski definition) is 12. The topological polar surface area (TPSA) is 338 Å². The van der Waals surface area contributed by atoms with Crippen molar-refractivity contribution in [2.75, 3.05) is 20.3 Å². The first-order valence-corrected chi connectivity index (χ1v) is 16.9. The second kappa shape index (κ2) is 16.3. The first-order valence-electron chi connectivity index (χ1n) is 16.9. The third-order valence-electron chi connectivity index (χ3n) is 9.48. The van der Waals surface area contributed by atoms with Crippen LogP contribution in [-0.2, 0) is 18.9 Å². The Labute approximate surface area is 309 Å². The smallest absolute Gasteiger partial charge is 0.239 e. The standard InChI is InChI=1S/C34H42O21/c1-10(36)28-23(43)26(46)33(53-28)50-12-6-14(38)19-17(7-12)51-29(11-3-4-13(37)16(5-11)48-2)31(21(19)41)55-34-27(47)24(44)30(54-34)15(39)9-49-32-25(45)22(42)20(40)18(8-35)52-32/h3-7,10,15,18,20,22-28,30,32-40,42-47H,8-9H2,1-2H3. The third-order valence-corrected chi connectivity index (χ3v) is 9.48. The summed E-state index contributed by atoms with van der Waals surface area (Å²) in [6.07, 6.45) is -24.4. The number of hydrogen-bond acceptors (Lipinski definition) is 21. The summed E-state index contributed by atoms with van der Waals surface area (Å²) in [5.74, 6) is -2.37. The maximum atomic E-state index is 14.1. The number of fused-ring (bicyclic) bond motifs is 1. The average Bonchev–Trinajstić information content (AvgIpc) is 3.60. The molecule has 21 nitrogen and oxygen atoms in total. The fourth-order valence-electron chi connectivity index (χ4n) is 6.44. The van der Waals surface area contributed by atoms with Crippen molar-refractivity contribution < 1.29 is 98.9 Å². The van der Waals surface area contributed by atoms with Crippen molar-refractivity contribution in [3.8, 4) is 40.1 Å². The molecule has 3 fully saturated rings. The summed E-state index contributed by atoms with van der Waals surface area (Å²) in [4.78, 5) is 14.1. The van der Waals surface area contributed by atoms with Gasteiger partial charge in [0.1, 0.15) is 89.6 Å². The maximum absolute atomic E-state index is 14.1. The van der Waals surface area contributed by atoms with Crippen molar-refractivity contribution in [3.05, 3.63) is 40.6 Å². The monoisotopic (exact) mass is 786 g/mol. The zero-order chi connectivity index (χ0) is 40.0. The SMILES string of the molecule is COc1cc(-c2oc3cc(OC4OC(C(C)O)C(O)C4O)cc(O)c3c(=O)c2OC2OC(C(O)COC3OC(CO)C(O)C(O)C3O)C(O)C2O)ccc1O. The van der Waals surface area contributed by atoms with Gasteiger partial charge in [0, 0.05) is 17.7 Å². The van der Waals surface area contributed by atoms with Gasteiger partial charge in [-0.15, -0.1) is 0 Å². The summed E-state index contributed by atoms with van der Waals surface area (Å²) >= 11 is 0. The average molecular weight is 787 g/mol. The van der Waals surface area contributed by atoms with Gasteiger partial charge in [-0.25, -0.2) is 0 Å². The van der Waals surface area contributed by atoms with Gasteiger partial charge >= 0.3 is 0 Å². The number of methoxy groups -OCH3 is 1. The van der Waals surface area contributed by atoms with E-state index in [1.165, 1.54) is 32.2 Å². The van der Waals surface area contributed by atoms with Crippen LogP contribution in [0.5, 0.6) is 28.7 Å². The van der Waals surface area contributed by atoms with Crippen LogP contribution in [0.1, 0.15) is 6.92 Å². The summed E-state index contributed by atoms with van der Waals surface area (Å²) in [5, 5.41) is 123. The van der Waals surface area contributed by atoms with E-state index in [2.05, 4.69) is 0 Å². The third kappa shape index (κ3) is 7.77. The summed E-state index contributed by atoms with van der Waals surface area (Å²) < 4.78 is 44.2. The van der Waals surface area contributed by atoms with Gasteiger partial charge in [0.25, 0.3) is 0 Å².